The lowest BCUT2D eigenvalue weighted by atomic mass is 10.0. The standard InChI is InChI=1S/C26H27FN2O3/c1-32-25-16-15-21(22-13-7-8-14-23(22)27)18-24(25)29(19-30)26(31)28-17-9-3-6-12-20-10-4-2-5-11-20/h2,4-5,7-8,10-11,13-16,18-19H,3,6,9,12,17H2,1H3,(H,28,31). The third-order valence-corrected chi connectivity index (χ3v) is 5.21. The van der Waals surface area contributed by atoms with E-state index in [1.54, 1.807) is 36.4 Å². The second kappa shape index (κ2) is 11.6. The summed E-state index contributed by atoms with van der Waals surface area (Å²) >= 11 is 0. The summed E-state index contributed by atoms with van der Waals surface area (Å²) in [5.74, 6) is -0.0450. The zero-order valence-corrected chi connectivity index (χ0v) is 18.1. The molecule has 3 rings (SSSR count). The predicted octanol–water partition coefficient (Wildman–Crippen LogP) is 5.59. The molecule has 0 fully saturated rings. The summed E-state index contributed by atoms with van der Waals surface area (Å²) in [5, 5.41) is 2.78. The van der Waals surface area contributed by atoms with Crippen molar-refractivity contribution in [1.82, 2.24) is 5.32 Å². The molecule has 0 aliphatic heterocycles. The number of halogens is 1. The lowest BCUT2D eigenvalue weighted by Gasteiger charge is -2.20. The van der Waals surface area contributed by atoms with Crippen molar-refractivity contribution in [2.45, 2.75) is 25.7 Å². The first-order chi connectivity index (χ1) is 15.6. The van der Waals surface area contributed by atoms with Crippen molar-refractivity contribution >= 4 is 18.1 Å². The van der Waals surface area contributed by atoms with Crippen LogP contribution in [0.5, 0.6) is 5.75 Å². The average Bonchev–Trinajstić information content (AvgIpc) is 2.82. The van der Waals surface area contributed by atoms with Gasteiger partial charge in [0.25, 0.3) is 0 Å². The number of carbonyl (C=O) groups is 2. The Morgan fingerprint density at radius 1 is 1.00 bits per heavy atom. The highest BCUT2D eigenvalue weighted by Crippen LogP contribution is 2.34. The average molecular weight is 435 g/mol. The third kappa shape index (κ3) is 5.94. The fourth-order valence-corrected chi connectivity index (χ4v) is 3.51. The molecule has 3 amide bonds. The zero-order chi connectivity index (χ0) is 22.8. The molecule has 0 aliphatic rings. The Kier molecular flexibility index (Phi) is 8.37. The number of anilines is 1. The number of imide groups is 1. The van der Waals surface area contributed by atoms with Gasteiger partial charge in [0.1, 0.15) is 11.6 Å². The SMILES string of the molecule is COc1ccc(-c2ccccc2F)cc1N(C=O)C(=O)NCCCCCc1ccccc1. The van der Waals surface area contributed by atoms with Crippen molar-refractivity contribution in [2.24, 2.45) is 0 Å². The molecule has 0 heterocycles. The van der Waals surface area contributed by atoms with Gasteiger partial charge in [-0.1, -0.05) is 61.0 Å². The highest BCUT2D eigenvalue weighted by atomic mass is 19.1. The predicted molar refractivity (Wildman–Crippen MR) is 124 cm³/mol. The molecule has 0 radical (unpaired) electrons. The summed E-state index contributed by atoms with van der Waals surface area (Å²) in [6.07, 6.45) is 4.22. The number of unbranched alkanes of at least 4 members (excludes halogenated alkanes) is 2. The van der Waals surface area contributed by atoms with Crippen LogP contribution in [0.2, 0.25) is 0 Å². The van der Waals surface area contributed by atoms with Crippen LogP contribution in [0.4, 0.5) is 14.9 Å². The van der Waals surface area contributed by atoms with Gasteiger partial charge in [-0.15, -0.1) is 0 Å². The normalized spacial score (nSPS) is 10.4. The molecule has 0 aromatic heterocycles. The lowest BCUT2D eigenvalue weighted by Crippen LogP contribution is -2.39. The van der Waals surface area contributed by atoms with Crippen LogP contribution in [-0.4, -0.2) is 26.1 Å². The summed E-state index contributed by atoms with van der Waals surface area (Å²) in [6.45, 7) is 0.452. The Bertz CT molecular complexity index is 1040. The summed E-state index contributed by atoms with van der Waals surface area (Å²) in [4.78, 5) is 25.4. The minimum atomic E-state index is -0.549. The number of carbonyl (C=O) groups excluding carboxylic acids is 2. The van der Waals surface area contributed by atoms with Crippen LogP contribution in [-0.2, 0) is 11.2 Å². The number of amides is 3. The zero-order valence-electron chi connectivity index (χ0n) is 18.1. The van der Waals surface area contributed by atoms with Gasteiger partial charge < -0.3 is 10.1 Å². The molecule has 1 N–H and O–H groups in total. The fourth-order valence-electron chi connectivity index (χ4n) is 3.51. The van der Waals surface area contributed by atoms with Gasteiger partial charge in [0, 0.05) is 12.1 Å². The molecule has 0 atom stereocenters. The molecule has 5 nitrogen and oxygen atoms in total. The van der Waals surface area contributed by atoms with Crippen LogP contribution < -0.4 is 15.0 Å². The van der Waals surface area contributed by atoms with Crippen LogP contribution in [0.15, 0.2) is 72.8 Å². The Hall–Kier alpha value is -3.67. The monoisotopic (exact) mass is 434 g/mol. The minimum Gasteiger partial charge on any atom is -0.495 e. The Balaban J connectivity index is 1.61. The van der Waals surface area contributed by atoms with Crippen LogP contribution in [0.3, 0.4) is 0 Å². The van der Waals surface area contributed by atoms with Gasteiger partial charge in [0.05, 0.1) is 12.8 Å². The minimum absolute atomic E-state index is 0.254. The van der Waals surface area contributed by atoms with E-state index >= 15 is 0 Å². The molecule has 3 aromatic rings. The van der Waals surface area contributed by atoms with Crippen LogP contribution in [0.25, 0.3) is 11.1 Å². The Morgan fingerprint density at radius 3 is 2.47 bits per heavy atom. The molecule has 0 aliphatic carbocycles. The van der Waals surface area contributed by atoms with Gasteiger partial charge in [0.2, 0.25) is 6.41 Å². The molecule has 0 spiro atoms. The Labute approximate surface area is 187 Å². The van der Waals surface area contributed by atoms with Crippen molar-refractivity contribution in [2.75, 3.05) is 18.6 Å². The maximum absolute atomic E-state index is 14.2. The molecular formula is C26H27FN2O3. The lowest BCUT2D eigenvalue weighted by molar-refractivity contribution is -0.106. The van der Waals surface area contributed by atoms with Gasteiger partial charge in [-0.05, 0) is 48.6 Å². The molecule has 0 unspecified atom stereocenters. The molecule has 6 heteroatoms. The molecule has 166 valence electrons. The van der Waals surface area contributed by atoms with Crippen LogP contribution >= 0.6 is 0 Å². The second-order valence-corrected chi connectivity index (χ2v) is 7.37. The van der Waals surface area contributed by atoms with Gasteiger partial charge in [-0.2, -0.15) is 0 Å². The third-order valence-electron chi connectivity index (χ3n) is 5.21. The highest BCUT2D eigenvalue weighted by Gasteiger charge is 2.20. The van der Waals surface area contributed by atoms with E-state index in [0.29, 0.717) is 29.8 Å². The van der Waals surface area contributed by atoms with Gasteiger partial charge in [-0.25, -0.2) is 14.1 Å². The number of hydrogen-bond acceptors (Lipinski definition) is 3. The fraction of sp³-hybridized carbons (Fsp3) is 0.231. The van der Waals surface area contributed by atoms with Crippen LogP contribution in [0, 0.1) is 5.82 Å². The van der Waals surface area contributed by atoms with E-state index in [4.69, 9.17) is 4.74 Å². The number of rotatable bonds is 10. The molecule has 0 saturated heterocycles. The molecule has 3 aromatic carbocycles. The van der Waals surface area contributed by atoms with Gasteiger partial charge in [-0.3, -0.25) is 4.79 Å². The largest absolute Gasteiger partial charge is 0.495 e. The van der Waals surface area contributed by atoms with E-state index in [1.165, 1.54) is 18.7 Å². The van der Waals surface area contributed by atoms with Crippen molar-refractivity contribution in [3.8, 4) is 16.9 Å². The molecule has 0 saturated carbocycles. The quantitative estimate of drug-likeness (QED) is 0.334. The molecular weight excluding hydrogens is 407 g/mol. The number of urea groups is 1. The first kappa shape index (κ1) is 23.0. The summed E-state index contributed by atoms with van der Waals surface area (Å²) in [7, 11) is 1.45. The first-order valence-electron chi connectivity index (χ1n) is 10.6. The van der Waals surface area contributed by atoms with Crippen molar-refractivity contribution in [1.29, 1.82) is 0 Å². The van der Waals surface area contributed by atoms with Gasteiger partial charge >= 0.3 is 6.03 Å². The number of nitrogens with one attached hydrogen (secondary N) is 1. The first-order valence-corrected chi connectivity index (χ1v) is 10.6. The number of hydrogen-bond donors (Lipinski definition) is 1. The molecule has 32 heavy (non-hydrogen) atoms. The number of methoxy groups -OCH3 is 1. The smallest absolute Gasteiger partial charge is 0.328 e. The maximum atomic E-state index is 14.2. The highest BCUT2D eigenvalue weighted by molar-refractivity contribution is 6.07. The molecule has 0 bridgehead atoms. The topological polar surface area (TPSA) is 58.6 Å². The van der Waals surface area contributed by atoms with Crippen molar-refractivity contribution in [3.63, 3.8) is 0 Å². The second-order valence-electron chi connectivity index (χ2n) is 7.37. The summed E-state index contributed by atoms with van der Waals surface area (Å²) in [5.41, 5.74) is 2.47. The number of benzene rings is 3. The summed E-state index contributed by atoms with van der Waals surface area (Å²) in [6, 6.07) is 20.9. The number of aryl methyl sites for hydroxylation is 1. The van der Waals surface area contributed by atoms with Crippen molar-refractivity contribution < 1.29 is 18.7 Å². The van der Waals surface area contributed by atoms with E-state index in [9.17, 15) is 14.0 Å². The van der Waals surface area contributed by atoms with Crippen LogP contribution in [0.1, 0.15) is 24.8 Å². The van der Waals surface area contributed by atoms with Gasteiger partial charge in [0.15, 0.2) is 0 Å². The van der Waals surface area contributed by atoms with E-state index in [1.807, 2.05) is 18.2 Å². The number of ether oxygens (including phenoxy) is 1. The van der Waals surface area contributed by atoms with E-state index in [-0.39, 0.29) is 11.5 Å². The summed E-state index contributed by atoms with van der Waals surface area (Å²) < 4.78 is 19.5. The van der Waals surface area contributed by atoms with E-state index < -0.39 is 6.03 Å². The number of nitrogens with zero attached hydrogens (tertiary/aromatic N) is 1. The Morgan fingerprint density at radius 2 is 1.75 bits per heavy atom. The van der Waals surface area contributed by atoms with E-state index in [0.717, 1.165) is 30.6 Å². The van der Waals surface area contributed by atoms with Crippen molar-refractivity contribution in [3.05, 3.63) is 84.2 Å². The maximum Gasteiger partial charge on any atom is 0.328 e. The van der Waals surface area contributed by atoms with E-state index in [2.05, 4.69) is 17.4 Å².